The first-order valence-corrected chi connectivity index (χ1v) is 8.70. The first kappa shape index (κ1) is 16.0. The number of hydrogen-bond acceptors (Lipinski definition) is 2. The summed E-state index contributed by atoms with van der Waals surface area (Å²) in [6.45, 7) is 2.79. The van der Waals surface area contributed by atoms with E-state index in [1.54, 1.807) is 0 Å². The molecule has 1 unspecified atom stereocenters. The quantitative estimate of drug-likeness (QED) is 0.677. The van der Waals surface area contributed by atoms with Crippen molar-refractivity contribution in [1.29, 1.82) is 0 Å². The largest absolute Gasteiger partial charge is 0.371 e. The van der Waals surface area contributed by atoms with Gasteiger partial charge < -0.3 is 10.2 Å². The number of anilines is 1. The van der Waals surface area contributed by atoms with Crippen molar-refractivity contribution < 1.29 is 4.79 Å². The summed E-state index contributed by atoms with van der Waals surface area (Å²) < 4.78 is 0. The van der Waals surface area contributed by atoms with E-state index in [-0.39, 0.29) is 0 Å². The van der Waals surface area contributed by atoms with Crippen molar-refractivity contribution in [3.63, 3.8) is 0 Å². The van der Waals surface area contributed by atoms with Crippen LogP contribution in [0, 0.1) is 0 Å². The van der Waals surface area contributed by atoms with Crippen LogP contribution in [-0.4, -0.2) is 19.5 Å². The zero-order chi connectivity index (χ0) is 16.1. The van der Waals surface area contributed by atoms with Gasteiger partial charge in [0.1, 0.15) is 0 Å². The molecule has 1 heterocycles. The molecule has 0 saturated carbocycles. The number of hydrogen-bond donors (Lipinski definition) is 1. The second-order valence-corrected chi connectivity index (χ2v) is 6.76. The predicted octanol–water partition coefficient (Wildman–Crippen LogP) is 2.82. The van der Waals surface area contributed by atoms with Crippen LogP contribution in [0.3, 0.4) is 0 Å². The van der Waals surface area contributed by atoms with Crippen LogP contribution in [0.4, 0.5) is 5.69 Å². The lowest BCUT2D eigenvalue weighted by atomic mass is 9.89. The molecule has 1 atom stereocenters. The van der Waals surface area contributed by atoms with Gasteiger partial charge in [-0.15, -0.1) is 9.24 Å². The minimum atomic E-state index is 0.595. The van der Waals surface area contributed by atoms with Crippen molar-refractivity contribution in [2.24, 2.45) is 0 Å². The minimum Gasteiger partial charge on any atom is -0.371 e. The van der Waals surface area contributed by atoms with E-state index in [1.807, 2.05) is 0 Å². The third-order valence-electron chi connectivity index (χ3n) is 4.59. The van der Waals surface area contributed by atoms with Crippen LogP contribution in [-0.2, 0) is 11.3 Å². The molecule has 1 fully saturated rings. The lowest BCUT2D eigenvalue weighted by Crippen LogP contribution is -2.32. The molecule has 1 saturated heterocycles. The van der Waals surface area contributed by atoms with Gasteiger partial charge in [0.2, 0.25) is 6.41 Å². The Morgan fingerprint density at radius 1 is 1.04 bits per heavy atom. The molecule has 120 valence electrons. The Morgan fingerprint density at radius 3 is 2.30 bits per heavy atom. The van der Waals surface area contributed by atoms with E-state index < -0.39 is 0 Å². The molecule has 0 aliphatic carbocycles. The van der Waals surface area contributed by atoms with Crippen LogP contribution in [0.2, 0.25) is 0 Å². The number of benzene rings is 2. The number of amides is 1. The lowest BCUT2D eigenvalue weighted by Gasteiger charge is -2.34. The first-order valence-electron chi connectivity index (χ1n) is 8.12. The van der Waals surface area contributed by atoms with Gasteiger partial charge in [-0.2, -0.15) is 0 Å². The number of nitrogens with one attached hydrogen (secondary N) is 1. The van der Waals surface area contributed by atoms with Crippen molar-refractivity contribution in [1.82, 2.24) is 5.32 Å². The molecule has 0 radical (unpaired) electrons. The fraction of sp³-hybridized carbons (Fsp3) is 0.316. The second-order valence-electron chi connectivity index (χ2n) is 6.09. The average molecular weight is 326 g/mol. The Balaban J connectivity index is 1.58. The van der Waals surface area contributed by atoms with E-state index in [0.29, 0.717) is 12.5 Å². The Kier molecular flexibility index (Phi) is 5.30. The molecular weight excluding hydrogens is 303 g/mol. The minimum absolute atomic E-state index is 0.595. The molecule has 4 heteroatoms. The zero-order valence-corrected chi connectivity index (χ0v) is 14.4. The molecule has 0 aromatic heterocycles. The highest BCUT2D eigenvalue weighted by atomic mass is 31.0. The molecule has 0 bridgehead atoms. The van der Waals surface area contributed by atoms with E-state index in [9.17, 15) is 4.79 Å². The summed E-state index contributed by atoms with van der Waals surface area (Å²) in [7, 11) is 2.74. The van der Waals surface area contributed by atoms with E-state index >= 15 is 0 Å². The summed E-state index contributed by atoms with van der Waals surface area (Å²) >= 11 is 0. The Hall–Kier alpha value is -1.86. The van der Waals surface area contributed by atoms with Crippen LogP contribution < -0.4 is 15.5 Å². The van der Waals surface area contributed by atoms with Crippen molar-refractivity contribution in [2.45, 2.75) is 25.3 Å². The summed E-state index contributed by atoms with van der Waals surface area (Å²) in [4.78, 5) is 12.8. The highest BCUT2D eigenvalue weighted by Crippen LogP contribution is 2.30. The molecule has 1 N–H and O–H groups in total. The van der Waals surface area contributed by atoms with Crippen molar-refractivity contribution in [3.8, 4) is 0 Å². The fourth-order valence-corrected chi connectivity index (χ4v) is 3.42. The van der Waals surface area contributed by atoms with Crippen LogP contribution >= 0.6 is 9.24 Å². The molecular formula is C19H23N2OP. The summed E-state index contributed by atoms with van der Waals surface area (Å²) in [5, 5.41) is 3.94. The average Bonchev–Trinajstić information content (AvgIpc) is 2.61. The molecule has 1 aliphatic rings. The Bertz CT molecular complexity index is 631. The number of nitrogens with zero attached hydrogens (tertiary/aromatic N) is 1. The van der Waals surface area contributed by atoms with E-state index in [0.717, 1.165) is 25.1 Å². The molecule has 2 aromatic carbocycles. The zero-order valence-electron chi connectivity index (χ0n) is 13.2. The SMILES string of the molecule is O=CNCc1ccc(N2CCC(c3ccc(P)cc3)CC2)cc1. The van der Waals surface area contributed by atoms with Gasteiger partial charge in [-0.25, -0.2) is 0 Å². The van der Waals surface area contributed by atoms with Crippen LogP contribution in [0.1, 0.15) is 29.9 Å². The lowest BCUT2D eigenvalue weighted by molar-refractivity contribution is -0.109. The molecule has 1 amide bonds. The predicted molar refractivity (Wildman–Crippen MR) is 99.3 cm³/mol. The third-order valence-corrected chi connectivity index (χ3v) is 4.98. The van der Waals surface area contributed by atoms with Gasteiger partial charge in [0, 0.05) is 25.3 Å². The first-order chi connectivity index (χ1) is 11.3. The monoisotopic (exact) mass is 326 g/mol. The van der Waals surface area contributed by atoms with Gasteiger partial charge in [0.25, 0.3) is 0 Å². The summed E-state index contributed by atoms with van der Waals surface area (Å²) in [5.74, 6) is 0.674. The van der Waals surface area contributed by atoms with E-state index in [2.05, 4.69) is 68.0 Å². The maximum atomic E-state index is 10.3. The molecule has 3 rings (SSSR count). The van der Waals surface area contributed by atoms with Gasteiger partial charge in [-0.1, -0.05) is 36.4 Å². The van der Waals surface area contributed by atoms with Gasteiger partial charge in [-0.05, 0) is 47.3 Å². The number of piperidine rings is 1. The summed E-state index contributed by atoms with van der Waals surface area (Å²) in [5.41, 5.74) is 3.87. The maximum absolute atomic E-state index is 10.3. The van der Waals surface area contributed by atoms with Crippen LogP contribution in [0.5, 0.6) is 0 Å². The molecule has 23 heavy (non-hydrogen) atoms. The van der Waals surface area contributed by atoms with Crippen molar-refractivity contribution in [2.75, 3.05) is 18.0 Å². The van der Waals surface area contributed by atoms with Gasteiger partial charge in [0.15, 0.2) is 0 Å². The Morgan fingerprint density at radius 2 is 1.70 bits per heavy atom. The normalized spacial score (nSPS) is 15.4. The van der Waals surface area contributed by atoms with Crippen LogP contribution in [0.15, 0.2) is 48.5 Å². The maximum Gasteiger partial charge on any atom is 0.207 e. The smallest absolute Gasteiger partial charge is 0.207 e. The van der Waals surface area contributed by atoms with Crippen molar-refractivity contribution in [3.05, 3.63) is 59.7 Å². The molecule has 0 spiro atoms. The van der Waals surface area contributed by atoms with Crippen LogP contribution in [0.25, 0.3) is 0 Å². The Labute approximate surface area is 140 Å². The summed E-state index contributed by atoms with van der Waals surface area (Å²) in [6, 6.07) is 17.4. The summed E-state index contributed by atoms with van der Waals surface area (Å²) in [6.07, 6.45) is 3.14. The van der Waals surface area contributed by atoms with Gasteiger partial charge >= 0.3 is 0 Å². The third kappa shape index (κ3) is 4.11. The molecule has 1 aliphatic heterocycles. The standard InChI is InChI=1S/C19H23N2OP/c22-14-20-13-15-1-5-18(6-2-15)21-11-9-17(10-12-21)16-3-7-19(23)8-4-16/h1-8,14,17H,9-13,23H2,(H,20,22). The van der Waals surface area contributed by atoms with Gasteiger partial charge in [0.05, 0.1) is 0 Å². The number of carbonyl (C=O) groups excluding carboxylic acids is 1. The van der Waals surface area contributed by atoms with E-state index in [4.69, 9.17) is 0 Å². The fourth-order valence-electron chi connectivity index (χ4n) is 3.22. The number of rotatable bonds is 5. The second kappa shape index (κ2) is 7.61. The topological polar surface area (TPSA) is 32.3 Å². The molecule has 2 aromatic rings. The highest BCUT2D eigenvalue weighted by molar-refractivity contribution is 7.27. The van der Waals surface area contributed by atoms with Crippen molar-refractivity contribution >= 4 is 26.6 Å². The highest BCUT2D eigenvalue weighted by Gasteiger charge is 2.20. The molecule has 3 nitrogen and oxygen atoms in total. The van der Waals surface area contributed by atoms with E-state index in [1.165, 1.54) is 29.4 Å². The number of carbonyl (C=O) groups is 1. The van der Waals surface area contributed by atoms with Gasteiger partial charge in [-0.3, -0.25) is 4.79 Å².